The molecule has 1 saturated heterocycles. The summed E-state index contributed by atoms with van der Waals surface area (Å²) in [7, 11) is 3.26. The van der Waals surface area contributed by atoms with E-state index in [4.69, 9.17) is 9.47 Å². The van der Waals surface area contributed by atoms with Gasteiger partial charge in [-0.2, -0.15) is 0 Å². The number of piperidine rings is 1. The quantitative estimate of drug-likeness (QED) is 0.904. The van der Waals surface area contributed by atoms with E-state index in [-0.39, 0.29) is 0 Å². The van der Waals surface area contributed by atoms with Crippen LogP contribution in [0.3, 0.4) is 0 Å². The van der Waals surface area contributed by atoms with Crippen molar-refractivity contribution >= 4 is 0 Å². The zero-order valence-electron chi connectivity index (χ0n) is 12.0. The average Bonchev–Trinajstić information content (AvgIpc) is 2.47. The molecule has 0 unspecified atom stereocenters. The van der Waals surface area contributed by atoms with Gasteiger partial charge in [-0.1, -0.05) is 13.0 Å². The van der Waals surface area contributed by atoms with Crippen LogP contribution in [0.1, 0.15) is 25.3 Å². The van der Waals surface area contributed by atoms with Gasteiger partial charge in [-0.05, 0) is 31.5 Å². The summed E-state index contributed by atoms with van der Waals surface area (Å²) in [6.45, 7) is 4.97. The van der Waals surface area contributed by atoms with Crippen LogP contribution in [0.4, 0.5) is 0 Å². The first-order valence-electron chi connectivity index (χ1n) is 6.81. The number of nitrogens with zero attached hydrogens (tertiary/aromatic N) is 1. The largest absolute Gasteiger partial charge is 0.496 e. The molecule has 0 bridgehead atoms. The molecule has 0 saturated carbocycles. The number of aliphatic hydroxyl groups is 1. The predicted octanol–water partition coefficient (Wildman–Crippen LogP) is 2.01. The van der Waals surface area contributed by atoms with Crippen molar-refractivity contribution in [2.75, 3.05) is 33.9 Å². The van der Waals surface area contributed by atoms with Gasteiger partial charge in [0.05, 0.1) is 25.4 Å². The molecule has 1 N–H and O–H groups in total. The molecule has 106 valence electrons. The molecule has 4 heteroatoms. The van der Waals surface area contributed by atoms with Gasteiger partial charge in [0.15, 0.2) is 0 Å². The summed E-state index contributed by atoms with van der Waals surface area (Å²) in [6, 6.07) is 5.63. The fourth-order valence-electron chi connectivity index (χ4n) is 2.80. The lowest BCUT2D eigenvalue weighted by atomic mass is 9.83. The van der Waals surface area contributed by atoms with Crippen molar-refractivity contribution in [2.45, 2.75) is 25.4 Å². The summed E-state index contributed by atoms with van der Waals surface area (Å²) in [4.78, 5) is 2.34. The zero-order chi connectivity index (χ0) is 13.9. The van der Waals surface area contributed by atoms with E-state index in [0.29, 0.717) is 24.3 Å². The second kappa shape index (κ2) is 5.80. The molecule has 1 aromatic carbocycles. The standard InChI is InChI=1S/C15H23NO3/c1-4-16-10-8-15(17,9-11-16)14-12(18-2)6-5-7-13(14)19-3/h5-7,17H,4,8-11H2,1-3H3. The van der Waals surface area contributed by atoms with Crippen molar-refractivity contribution in [3.05, 3.63) is 23.8 Å². The second-order valence-electron chi connectivity index (χ2n) is 5.00. The van der Waals surface area contributed by atoms with Crippen molar-refractivity contribution in [3.8, 4) is 11.5 Å². The van der Waals surface area contributed by atoms with E-state index < -0.39 is 5.60 Å². The highest BCUT2D eigenvalue weighted by molar-refractivity contribution is 5.48. The SMILES string of the molecule is CCN1CCC(O)(c2c(OC)cccc2OC)CC1. The van der Waals surface area contributed by atoms with Crippen LogP contribution >= 0.6 is 0 Å². The molecular weight excluding hydrogens is 242 g/mol. The molecule has 0 amide bonds. The predicted molar refractivity (Wildman–Crippen MR) is 74.8 cm³/mol. The molecule has 1 aliphatic rings. The lowest BCUT2D eigenvalue weighted by molar-refractivity contribution is -0.0278. The number of hydrogen-bond acceptors (Lipinski definition) is 4. The summed E-state index contributed by atoms with van der Waals surface area (Å²) in [5, 5.41) is 11.0. The maximum Gasteiger partial charge on any atom is 0.128 e. The molecule has 1 fully saturated rings. The second-order valence-corrected chi connectivity index (χ2v) is 5.00. The summed E-state index contributed by atoms with van der Waals surface area (Å²) >= 11 is 0. The normalized spacial score (nSPS) is 19.2. The van der Waals surface area contributed by atoms with Crippen LogP contribution in [0.5, 0.6) is 11.5 Å². The molecule has 0 aromatic heterocycles. The Morgan fingerprint density at radius 1 is 1.16 bits per heavy atom. The fraction of sp³-hybridized carbons (Fsp3) is 0.600. The van der Waals surface area contributed by atoms with Crippen molar-refractivity contribution in [1.82, 2.24) is 4.90 Å². The Labute approximate surface area is 114 Å². The van der Waals surface area contributed by atoms with Crippen molar-refractivity contribution in [3.63, 3.8) is 0 Å². The van der Waals surface area contributed by atoms with Crippen LogP contribution < -0.4 is 9.47 Å². The maximum atomic E-state index is 11.0. The van der Waals surface area contributed by atoms with Gasteiger partial charge in [-0.3, -0.25) is 0 Å². The third-order valence-electron chi connectivity index (χ3n) is 4.02. The van der Waals surface area contributed by atoms with Crippen molar-refractivity contribution < 1.29 is 14.6 Å². The first-order valence-corrected chi connectivity index (χ1v) is 6.81. The van der Waals surface area contributed by atoms with Gasteiger partial charge >= 0.3 is 0 Å². The van der Waals surface area contributed by atoms with E-state index in [9.17, 15) is 5.11 Å². The summed E-state index contributed by atoms with van der Waals surface area (Å²) in [6.07, 6.45) is 1.41. The van der Waals surface area contributed by atoms with Gasteiger partial charge in [-0.15, -0.1) is 0 Å². The van der Waals surface area contributed by atoms with Crippen LogP contribution in [-0.2, 0) is 5.60 Å². The van der Waals surface area contributed by atoms with Crippen molar-refractivity contribution in [1.29, 1.82) is 0 Å². The molecule has 19 heavy (non-hydrogen) atoms. The molecule has 1 heterocycles. The Hall–Kier alpha value is -1.26. The van der Waals surface area contributed by atoms with E-state index in [1.54, 1.807) is 14.2 Å². The van der Waals surface area contributed by atoms with Crippen LogP contribution in [-0.4, -0.2) is 43.9 Å². The Morgan fingerprint density at radius 3 is 2.11 bits per heavy atom. The Bertz CT molecular complexity index is 403. The third-order valence-corrected chi connectivity index (χ3v) is 4.02. The molecule has 4 nitrogen and oxygen atoms in total. The lowest BCUT2D eigenvalue weighted by Gasteiger charge is -2.39. The molecule has 1 aliphatic heterocycles. The van der Waals surface area contributed by atoms with E-state index in [1.807, 2.05) is 18.2 Å². The topological polar surface area (TPSA) is 41.9 Å². The molecular formula is C15H23NO3. The minimum absolute atomic E-state index is 0.701. The van der Waals surface area contributed by atoms with Gasteiger partial charge in [0.1, 0.15) is 11.5 Å². The Balaban J connectivity index is 2.35. The number of benzene rings is 1. The van der Waals surface area contributed by atoms with Gasteiger partial charge in [0.25, 0.3) is 0 Å². The van der Waals surface area contributed by atoms with E-state index in [1.165, 1.54) is 0 Å². The van der Waals surface area contributed by atoms with Crippen molar-refractivity contribution in [2.24, 2.45) is 0 Å². The molecule has 0 spiro atoms. The Morgan fingerprint density at radius 2 is 1.68 bits per heavy atom. The highest BCUT2D eigenvalue weighted by Crippen LogP contribution is 2.43. The molecule has 0 atom stereocenters. The van der Waals surface area contributed by atoms with E-state index in [0.717, 1.165) is 25.2 Å². The summed E-state index contributed by atoms with van der Waals surface area (Å²) < 4.78 is 10.8. The minimum Gasteiger partial charge on any atom is -0.496 e. The minimum atomic E-state index is -0.858. The monoisotopic (exact) mass is 265 g/mol. The average molecular weight is 265 g/mol. The number of ether oxygens (including phenoxy) is 2. The van der Waals surface area contributed by atoms with Gasteiger partial charge in [0.2, 0.25) is 0 Å². The third kappa shape index (κ3) is 2.69. The number of methoxy groups -OCH3 is 2. The Kier molecular flexibility index (Phi) is 4.32. The first-order chi connectivity index (χ1) is 9.14. The highest BCUT2D eigenvalue weighted by atomic mass is 16.5. The fourth-order valence-corrected chi connectivity index (χ4v) is 2.80. The molecule has 0 aliphatic carbocycles. The number of hydrogen-bond donors (Lipinski definition) is 1. The van der Waals surface area contributed by atoms with Gasteiger partial charge < -0.3 is 19.5 Å². The van der Waals surface area contributed by atoms with Crippen LogP contribution in [0.15, 0.2) is 18.2 Å². The summed E-state index contributed by atoms with van der Waals surface area (Å²) in [5.41, 5.74) is -0.0698. The van der Waals surface area contributed by atoms with Crippen LogP contribution in [0.2, 0.25) is 0 Å². The smallest absolute Gasteiger partial charge is 0.128 e. The van der Waals surface area contributed by atoms with Crippen LogP contribution in [0.25, 0.3) is 0 Å². The molecule has 0 radical (unpaired) electrons. The first kappa shape index (κ1) is 14.2. The lowest BCUT2D eigenvalue weighted by Crippen LogP contribution is -2.42. The zero-order valence-corrected chi connectivity index (χ0v) is 12.0. The highest BCUT2D eigenvalue weighted by Gasteiger charge is 2.38. The number of likely N-dealkylation sites (tertiary alicyclic amines) is 1. The molecule has 2 rings (SSSR count). The molecule has 1 aromatic rings. The van der Waals surface area contributed by atoms with Gasteiger partial charge in [-0.25, -0.2) is 0 Å². The number of rotatable bonds is 4. The van der Waals surface area contributed by atoms with Gasteiger partial charge in [0, 0.05) is 13.1 Å². The van der Waals surface area contributed by atoms with E-state index in [2.05, 4.69) is 11.8 Å². The summed E-state index contributed by atoms with van der Waals surface area (Å²) in [5.74, 6) is 1.40. The van der Waals surface area contributed by atoms with E-state index >= 15 is 0 Å². The maximum absolute atomic E-state index is 11.0. The van der Waals surface area contributed by atoms with Crippen LogP contribution in [0, 0.1) is 0 Å².